The monoisotopic (exact) mass is 530 g/mol. The first-order chi connectivity index (χ1) is 17.4. The van der Waals surface area contributed by atoms with Crippen molar-refractivity contribution in [3.8, 4) is 5.75 Å². The van der Waals surface area contributed by atoms with E-state index in [1.165, 1.54) is 18.2 Å². The first-order valence-corrected chi connectivity index (χ1v) is 12.6. The molecule has 1 aliphatic carbocycles. The molecule has 0 amide bonds. The Balaban J connectivity index is 1.35. The molecule has 1 aromatic carbocycles. The van der Waals surface area contributed by atoms with Gasteiger partial charge in [-0.2, -0.15) is 26.3 Å². The second-order valence-electron chi connectivity index (χ2n) is 10.5. The van der Waals surface area contributed by atoms with Gasteiger partial charge in [-0.3, -0.25) is 14.7 Å². The Morgan fingerprint density at radius 2 is 1.59 bits per heavy atom. The van der Waals surface area contributed by atoms with E-state index in [2.05, 4.69) is 9.88 Å². The maximum atomic E-state index is 14.1. The molecule has 2 saturated heterocycles. The summed E-state index contributed by atoms with van der Waals surface area (Å²) in [6.45, 7) is 0.430. The molecule has 37 heavy (non-hydrogen) atoms. The van der Waals surface area contributed by atoms with Crippen molar-refractivity contribution in [3.05, 3.63) is 35.5 Å². The summed E-state index contributed by atoms with van der Waals surface area (Å²) in [5.41, 5.74) is -0.208. The van der Waals surface area contributed by atoms with Crippen LogP contribution in [0.3, 0.4) is 0 Å². The SMILES string of the molecule is O=C(O)C1CC2CCC(C1)N2Cc1ccc2c(C(F)(F)F)c(O[C@H]3CC[C@@H](C(F)(F)F)CC3)ccc2n1. The molecule has 202 valence electrons. The molecule has 2 atom stereocenters. The van der Waals surface area contributed by atoms with E-state index in [1.807, 2.05) is 0 Å². The average molecular weight is 531 g/mol. The van der Waals surface area contributed by atoms with Crippen LogP contribution in [0.2, 0.25) is 0 Å². The Hall–Kier alpha value is -2.56. The van der Waals surface area contributed by atoms with Crippen LogP contribution in [-0.2, 0) is 17.5 Å². The van der Waals surface area contributed by atoms with Gasteiger partial charge in [0.15, 0.2) is 0 Å². The van der Waals surface area contributed by atoms with Crippen LogP contribution in [0, 0.1) is 11.8 Å². The first kappa shape index (κ1) is 26.1. The van der Waals surface area contributed by atoms with Crippen LogP contribution in [0.25, 0.3) is 10.9 Å². The number of hydrogen-bond acceptors (Lipinski definition) is 4. The molecule has 1 N–H and O–H groups in total. The van der Waals surface area contributed by atoms with Gasteiger partial charge in [0.05, 0.1) is 29.2 Å². The Bertz CT molecular complexity index is 1150. The van der Waals surface area contributed by atoms with Crippen LogP contribution in [0.5, 0.6) is 5.75 Å². The minimum atomic E-state index is -4.74. The number of benzene rings is 1. The molecule has 2 aliphatic heterocycles. The fourth-order valence-corrected chi connectivity index (χ4v) is 6.31. The van der Waals surface area contributed by atoms with Gasteiger partial charge in [-0.25, -0.2) is 0 Å². The molecule has 11 heteroatoms. The van der Waals surface area contributed by atoms with Crippen LogP contribution in [-0.4, -0.2) is 45.3 Å². The van der Waals surface area contributed by atoms with Crippen LogP contribution < -0.4 is 4.74 Å². The van der Waals surface area contributed by atoms with E-state index in [9.17, 15) is 36.2 Å². The molecule has 0 radical (unpaired) electrons. The number of pyridine rings is 1. The quantitative estimate of drug-likeness (QED) is 0.443. The third-order valence-electron chi connectivity index (χ3n) is 8.18. The third-order valence-corrected chi connectivity index (χ3v) is 8.18. The Morgan fingerprint density at radius 1 is 0.946 bits per heavy atom. The van der Waals surface area contributed by atoms with Crippen molar-refractivity contribution in [2.75, 3.05) is 0 Å². The Kier molecular flexibility index (Phi) is 6.79. The van der Waals surface area contributed by atoms with Crippen molar-refractivity contribution < 1.29 is 41.0 Å². The summed E-state index contributed by atoms with van der Waals surface area (Å²) in [4.78, 5) is 18.1. The second-order valence-corrected chi connectivity index (χ2v) is 10.5. The molecule has 1 saturated carbocycles. The van der Waals surface area contributed by atoms with Crippen molar-refractivity contribution in [2.45, 2.75) is 88.5 Å². The topological polar surface area (TPSA) is 62.7 Å². The lowest BCUT2D eigenvalue weighted by atomic mass is 9.87. The minimum Gasteiger partial charge on any atom is -0.490 e. The van der Waals surface area contributed by atoms with E-state index in [-0.39, 0.29) is 54.6 Å². The largest absolute Gasteiger partial charge is 0.490 e. The summed E-state index contributed by atoms with van der Waals surface area (Å²) < 4.78 is 86.8. The number of piperidine rings is 1. The maximum absolute atomic E-state index is 14.1. The number of nitrogens with zero attached hydrogens (tertiary/aromatic N) is 2. The van der Waals surface area contributed by atoms with Gasteiger partial charge in [-0.1, -0.05) is 6.07 Å². The minimum absolute atomic E-state index is 0.0393. The third kappa shape index (κ3) is 5.37. The Labute approximate surface area is 209 Å². The van der Waals surface area contributed by atoms with Gasteiger partial charge in [0.25, 0.3) is 0 Å². The summed E-state index contributed by atoms with van der Waals surface area (Å²) in [6, 6.07) is 5.83. The summed E-state index contributed by atoms with van der Waals surface area (Å²) in [5, 5.41) is 9.26. The fourth-order valence-electron chi connectivity index (χ4n) is 6.31. The number of aromatic nitrogens is 1. The number of ether oxygens (including phenoxy) is 1. The number of carboxylic acid groups (broad SMARTS) is 1. The highest BCUT2D eigenvalue weighted by Gasteiger charge is 2.44. The van der Waals surface area contributed by atoms with Crippen LogP contribution in [0.15, 0.2) is 24.3 Å². The van der Waals surface area contributed by atoms with Crippen LogP contribution >= 0.6 is 0 Å². The molecular weight excluding hydrogens is 502 g/mol. The van der Waals surface area contributed by atoms with E-state index in [0.717, 1.165) is 12.8 Å². The molecule has 1 aromatic heterocycles. The second kappa shape index (κ2) is 9.63. The zero-order valence-electron chi connectivity index (χ0n) is 20.0. The summed E-state index contributed by atoms with van der Waals surface area (Å²) in [5.74, 6) is -2.99. The number of hydrogen-bond donors (Lipinski definition) is 1. The molecule has 0 spiro atoms. The number of fused-ring (bicyclic) bond motifs is 3. The number of halogens is 6. The number of aliphatic carboxylic acids is 1. The van der Waals surface area contributed by atoms with E-state index >= 15 is 0 Å². The van der Waals surface area contributed by atoms with Crippen molar-refractivity contribution >= 4 is 16.9 Å². The predicted octanol–water partition coefficient (Wildman–Crippen LogP) is 6.58. The molecule has 3 heterocycles. The molecular formula is C26H28F6N2O3. The van der Waals surface area contributed by atoms with Gasteiger partial charge in [-0.15, -0.1) is 0 Å². The van der Waals surface area contributed by atoms with Crippen molar-refractivity contribution in [1.82, 2.24) is 9.88 Å². The van der Waals surface area contributed by atoms with E-state index in [0.29, 0.717) is 25.1 Å². The zero-order chi connectivity index (χ0) is 26.5. The molecule has 3 fully saturated rings. The molecule has 5 rings (SSSR count). The molecule has 3 aliphatic rings. The van der Waals surface area contributed by atoms with Gasteiger partial charge in [0, 0.05) is 24.0 Å². The van der Waals surface area contributed by atoms with Crippen LogP contribution in [0.4, 0.5) is 26.3 Å². The number of rotatable bonds is 5. The van der Waals surface area contributed by atoms with Gasteiger partial charge >= 0.3 is 18.3 Å². The highest BCUT2D eigenvalue weighted by molar-refractivity contribution is 5.85. The normalized spacial score (nSPS) is 29.0. The molecule has 2 unspecified atom stereocenters. The van der Waals surface area contributed by atoms with E-state index in [1.54, 1.807) is 6.07 Å². The van der Waals surface area contributed by atoms with E-state index < -0.39 is 41.7 Å². The van der Waals surface area contributed by atoms with Gasteiger partial charge in [0.1, 0.15) is 11.3 Å². The van der Waals surface area contributed by atoms with Crippen molar-refractivity contribution in [2.24, 2.45) is 11.8 Å². The van der Waals surface area contributed by atoms with Gasteiger partial charge in [0.2, 0.25) is 0 Å². The Morgan fingerprint density at radius 3 is 2.16 bits per heavy atom. The summed E-state index contributed by atoms with van der Waals surface area (Å²) in [7, 11) is 0. The first-order valence-electron chi connectivity index (χ1n) is 12.6. The van der Waals surface area contributed by atoms with Gasteiger partial charge in [-0.05, 0) is 69.6 Å². The lowest BCUT2D eigenvalue weighted by Crippen LogP contribution is -2.44. The average Bonchev–Trinajstić information content (AvgIpc) is 3.04. The van der Waals surface area contributed by atoms with Crippen molar-refractivity contribution in [3.63, 3.8) is 0 Å². The number of alkyl halides is 6. The summed E-state index contributed by atoms with van der Waals surface area (Å²) in [6.07, 6.45) is -7.11. The smallest absolute Gasteiger partial charge is 0.420 e. The number of carbonyl (C=O) groups is 1. The number of carboxylic acids is 1. The van der Waals surface area contributed by atoms with E-state index in [4.69, 9.17) is 4.74 Å². The predicted molar refractivity (Wildman–Crippen MR) is 122 cm³/mol. The maximum Gasteiger partial charge on any atom is 0.420 e. The van der Waals surface area contributed by atoms with Gasteiger partial charge < -0.3 is 9.84 Å². The standard InChI is InChI=1S/C26H28F6N2O3/c27-25(28,29)15-1-6-19(7-2-15)37-22-10-9-21-20(23(22)26(30,31)32)8-3-16(33-21)13-34-17-4-5-18(34)12-14(11-17)24(35)36/h3,8-10,14-15,17-19H,1-2,4-7,11-13H2,(H,35,36)/t14?,15-,17?,18?,19+. The lowest BCUT2D eigenvalue weighted by molar-refractivity contribution is -0.185. The van der Waals surface area contributed by atoms with Crippen LogP contribution in [0.1, 0.15) is 62.6 Å². The highest BCUT2D eigenvalue weighted by atomic mass is 19.4. The van der Waals surface area contributed by atoms with Crippen molar-refractivity contribution in [1.29, 1.82) is 0 Å². The fraction of sp³-hybridized carbons (Fsp3) is 0.615. The molecule has 2 aromatic rings. The highest BCUT2D eigenvalue weighted by Crippen LogP contribution is 2.44. The summed E-state index contributed by atoms with van der Waals surface area (Å²) >= 11 is 0. The molecule has 2 bridgehead atoms. The lowest BCUT2D eigenvalue weighted by Gasteiger charge is -2.37. The zero-order valence-corrected chi connectivity index (χ0v) is 20.0. The molecule has 5 nitrogen and oxygen atoms in total.